The van der Waals surface area contributed by atoms with E-state index < -0.39 is 29.1 Å². The third-order valence-electron chi connectivity index (χ3n) is 2.57. The predicted molar refractivity (Wildman–Crippen MR) is 61.6 cm³/mol. The van der Waals surface area contributed by atoms with Crippen LogP contribution in [0.25, 0.3) is 11.3 Å². The molecular weight excluding hydrogens is 278 g/mol. The van der Waals surface area contributed by atoms with Crippen molar-refractivity contribution in [1.82, 2.24) is 4.98 Å². The molecule has 0 aliphatic carbocycles. The molecule has 1 N–H and O–H groups in total. The smallest absolute Gasteiger partial charge is 0.416 e. The van der Waals surface area contributed by atoms with E-state index in [1.54, 1.807) is 0 Å². The van der Waals surface area contributed by atoms with Gasteiger partial charge in [0.15, 0.2) is 0 Å². The second-order valence-electron chi connectivity index (χ2n) is 3.93. The Balaban J connectivity index is 2.50. The maximum absolute atomic E-state index is 13.0. The average Bonchev–Trinajstić information content (AvgIpc) is 2.37. The SMILES string of the molecule is O=C(O)c1cc(F)cnc1-c1ccc(C(F)(F)F)cc1. The number of nitrogens with zero attached hydrogens (tertiary/aromatic N) is 1. The van der Waals surface area contributed by atoms with Gasteiger partial charge in [-0.15, -0.1) is 0 Å². The number of aromatic carboxylic acids is 1. The summed E-state index contributed by atoms with van der Waals surface area (Å²) in [5.41, 5.74) is -1.20. The molecule has 3 nitrogen and oxygen atoms in total. The van der Waals surface area contributed by atoms with Crippen LogP contribution >= 0.6 is 0 Å². The van der Waals surface area contributed by atoms with Gasteiger partial charge in [-0.25, -0.2) is 9.18 Å². The van der Waals surface area contributed by atoms with Crippen LogP contribution in [-0.4, -0.2) is 16.1 Å². The summed E-state index contributed by atoms with van der Waals surface area (Å²) >= 11 is 0. The normalized spacial score (nSPS) is 11.4. The number of hydrogen-bond acceptors (Lipinski definition) is 2. The zero-order valence-electron chi connectivity index (χ0n) is 9.78. The van der Waals surface area contributed by atoms with E-state index in [0.29, 0.717) is 0 Å². The molecule has 2 rings (SSSR count). The number of hydrogen-bond donors (Lipinski definition) is 1. The van der Waals surface area contributed by atoms with Crippen molar-refractivity contribution < 1.29 is 27.5 Å². The van der Waals surface area contributed by atoms with Crippen molar-refractivity contribution in [3.8, 4) is 11.3 Å². The summed E-state index contributed by atoms with van der Waals surface area (Å²) in [5.74, 6) is -2.25. The first-order valence-corrected chi connectivity index (χ1v) is 5.35. The zero-order valence-corrected chi connectivity index (χ0v) is 9.78. The molecular formula is C13H7F4NO2. The van der Waals surface area contributed by atoms with Gasteiger partial charge in [-0.1, -0.05) is 12.1 Å². The third-order valence-corrected chi connectivity index (χ3v) is 2.57. The number of benzene rings is 1. The summed E-state index contributed by atoms with van der Waals surface area (Å²) < 4.78 is 50.2. The van der Waals surface area contributed by atoms with Crippen molar-refractivity contribution in [3.63, 3.8) is 0 Å². The molecule has 0 saturated heterocycles. The van der Waals surface area contributed by atoms with Crippen LogP contribution in [0.15, 0.2) is 36.5 Å². The Morgan fingerprint density at radius 2 is 1.75 bits per heavy atom. The summed E-state index contributed by atoms with van der Waals surface area (Å²) in [6.07, 6.45) is -3.68. The minimum absolute atomic E-state index is 0.0902. The Kier molecular flexibility index (Phi) is 3.44. The Hall–Kier alpha value is -2.44. The first-order valence-electron chi connectivity index (χ1n) is 5.35. The lowest BCUT2D eigenvalue weighted by atomic mass is 10.0. The van der Waals surface area contributed by atoms with E-state index in [9.17, 15) is 22.4 Å². The molecule has 1 aromatic heterocycles. The molecule has 1 heterocycles. The number of rotatable bonds is 2. The maximum atomic E-state index is 13.0. The van der Waals surface area contributed by atoms with Crippen LogP contribution in [0.5, 0.6) is 0 Å². The molecule has 1 aromatic carbocycles. The number of carbonyl (C=O) groups is 1. The topological polar surface area (TPSA) is 50.2 Å². The largest absolute Gasteiger partial charge is 0.478 e. The molecule has 0 amide bonds. The number of aromatic nitrogens is 1. The third kappa shape index (κ3) is 2.76. The minimum atomic E-state index is -4.48. The fraction of sp³-hybridized carbons (Fsp3) is 0.0769. The van der Waals surface area contributed by atoms with Gasteiger partial charge in [0.05, 0.1) is 23.0 Å². The number of carboxylic acids is 1. The van der Waals surface area contributed by atoms with Crippen LogP contribution in [0.1, 0.15) is 15.9 Å². The van der Waals surface area contributed by atoms with Crippen LogP contribution in [0.4, 0.5) is 17.6 Å². The molecule has 0 aliphatic rings. The number of alkyl halides is 3. The van der Waals surface area contributed by atoms with E-state index in [1.165, 1.54) is 0 Å². The van der Waals surface area contributed by atoms with Crippen LogP contribution < -0.4 is 0 Å². The molecule has 2 aromatic rings. The van der Waals surface area contributed by atoms with E-state index in [1.807, 2.05) is 0 Å². The van der Waals surface area contributed by atoms with Gasteiger partial charge in [0, 0.05) is 5.56 Å². The lowest BCUT2D eigenvalue weighted by molar-refractivity contribution is -0.137. The molecule has 0 radical (unpaired) electrons. The Labute approximate surface area is 110 Å². The molecule has 0 spiro atoms. The summed E-state index contributed by atoms with van der Waals surface area (Å²) in [5, 5.41) is 8.95. The first kappa shape index (κ1) is 14.0. The molecule has 0 aliphatic heterocycles. The summed E-state index contributed by atoms with van der Waals surface area (Å²) in [6, 6.07) is 4.57. The van der Waals surface area contributed by atoms with Crippen LogP contribution in [0, 0.1) is 5.82 Å². The Morgan fingerprint density at radius 3 is 2.25 bits per heavy atom. The van der Waals surface area contributed by atoms with Crippen molar-refractivity contribution in [1.29, 1.82) is 0 Å². The van der Waals surface area contributed by atoms with Crippen molar-refractivity contribution in [3.05, 3.63) is 53.5 Å². The highest BCUT2D eigenvalue weighted by molar-refractivity contribution is 5.94. The molecule has 104 valence electrons. The highest BCUT2D eigenvalue weighted by atomic mass is 19.4. The molecule has 0 fully saturated rings. The second-order valence-corrected chi connectivity index (χ2v) is 3.93. The van der Waals surface area contributed by atoms with Gasteiger partial charge in [0.1, 0.15) is 5.82 Å². The molecule has 0 bridgehead atoms. The average molecular weight is 285 g/mol. The van der Waals surface area contributed by atoms with Crippen LogP contribution in [-0.2, 0) is 6.18 Å². The number of halogens is 4. The van der Waals surface area contributed by atoms with Crippen molar-refractivity contribution >= 4 is 5.97 Å². The fourth-order valence-electron chi connectivity index (χ4n) is 1.65. The summed E-state index contributed by atoms with van der Waals surface area (Å²) in [7, 11) is 0. The Bertz CT molecular complexity index is 650. The molecule has 20 heavy (non-hydrogen) atoms. The lowest BCUT2D eigenvalue weighted by Crippen LogP contribution is -2.05. The molecule has 0 saturated carbocycles. The standard InChI is InChI=1S/C13H7F4NO2/c14-9-5-10(12(19)20)11(18-6-9)7-1-3-8(4-2-7)13(15,16)17/h1-6H,(H,19,20). The van der Waals surface area contributed by atoms with Crippen molar-refractivity contribution in [2.45, 2.75) is 6.18 Å². The highest BCUT2D eigenvalue weighted by Crippen LogP contribution is 2.31. The zero-order chi connectivity index (χ0) is 14.9. The minimum Gasteiger partial charge on any atom is -0.478 e. The number of carboxylic acid groups (broad SMARTS) is 1. The van der Waals surface area contributed by atoms with E-state index >= 15 is 0 Å². The van der Waals surface area contributed by atoms with E-state index in [2.05, 4.69) is 4.98 Å². The molecule has 7 heteroatoms. The summed E-state index contributed by atoms with van der Waals surface area (Å²) in [6.45, 7) is 0. The molecule has 0 atom stereocenters. The number of pyridine rings is 1. The summed E-state index contributed by atoms with van der Waals surface area (Å²) in [4.78, 5) is 14.6. The highest BCUT2D eigenvalue weighted by Gasteiger charge is 2.30. The van der Waals surface area contributed by atoms with Crippen molar-refractivity contribution in [2.75, 3.05) is 0 Å². The fourth-order valence-corrected chi connectivity index (χ4v) is 1.65. The van der Waals surface area contributed by atoms with Crippen molar-refractivity contribution in [2.24, 2.45) is 0 Å². The van der Waals surface area contributed by atoms with Gasteiger partial charge in [0.25, 0.3) is 0 Å². The van der Waals surface area contributed by atoms with E-state index in [4.69, 9.17) is 5.11 Å². The monoisotopic (exact) mass is 285 g/mol. The van der Waals surface area contributed by atoms with Gasteiger partial charge in [-0.05, 0) is 18.2 Å². The lowest BCUT2D eigenvalue weighted by Gasteiger charge is -2.09. The van der Waals surface area contributed by atoms with E-state index in [0.717, 1.165) is 36.5 Å². The van der Waals surface area contributed by atoms with Gasteiger partial charge in [-0.2, -0.15) is 13.2 Å². The van der Waals surface area contributed by atoms with Gasteiger partial charge in [0.2, 0.25) is 0 Å². The van der Waals surface area contributed by atoms with Crippen LogP contribution in [0.3, 0.4) is 0 Å². The second kappa shape index (κ2) is 4.92. The van der Waals surface area contributed by atoms with Gasteiger partial charge in [-0.3, -0.25) is 4.98 Å². The van der Waals surface area contributed by atoms with Gasteiger partial charge < -0.3 is 5.11 Å². The predicted octanol–water partition coefficient (Wildman–Crippen LogP) is 3.60. The molecule has 0 unspecified atom stereocenters. The maximum Gasteiger partial charge on any atom is 0.416 e. The van der Waals surface area contributed by atoms with Crippen LogP contribution in [0.2, 0.25) is 0 Å². The Morgan fingerprint density at radius 1 is 1.15 bits per heavy atom. The van der Waals surface area contributed by atoms with Gasteiger partial charge >= 0.3 is 12.1 Å². The quantitative estimate of drug-likeness (QED) is 0.858. The first-order chi connectivity index (χ1) is 9.29. The van der Waals surface area contributed by atoms with E-state index in [-0.39, 0.29) is 11.3 Å².